The molecule has 0 aromatic heterocycles. The van der Waals surface area contributed by atoms with Crippen molar-refractivity contribution < 1.29 is 18.3 Å². The summed E-state index contributed by atoms with van der Waals surface area (Å²) in [5.41, 5.74) is 0.442. The van der Waals surface area contributed by atoms with Gasteiger partial charge in [0.05, 0.1) is 16.5 Å². The number of rotatable bonds is 4. The maximum absolute atomic E-state index is 11.9. The van der Waals surface area contributed by atoms with Gasteiger partial charge in [-0.05, 0) is 31.5 Å². The molecule has 0 radical (unpaired) electrons. The molecule has 0 saturated heterocycles. The third kappa shape index (κ3) is 3.09. The lowest BCUT2D eigenvalue weighted by atomic mass is 10.1. The Balaban J connectivity index is 3.23. The lowest BCUT2D eigenvalue weighted by Crippen LogP contribution is -2.31. The molecule has 0 bridgehead atoms. The fraction of sp³-hybridized carbons (Fsp3) is 0.250. The maximum atomic E-state index is 11.9. The highest BCUT2D eigenvalue weighted by molar-refractivity contribution is 7.89. The number of hydrogen-bond acceptors (Lipinski definition) is 3. The van der Waals surface area contributed by atoms with Crippen molar-refractivity contribution in [2.24, 2.45) is 0 Å². The van der Waals surface area contributed by atoms with Crippen molar-refractivity contribution >= 4 is 16.0 Å². The smallest absolute Gasteiger partial charge is 0.335 e. The monoisotopic (exact) mass is 267 g/mol. The van der Waals surface area contributed by atoms with Crippen molar-refractivity contribution in [1.29, 1.82) is 0 Å². The molecule has 0 aliphatic carbocycles. The number of benzene rings is 1. The van der Waals surface area contributed by atoms with Crippen LogP contribution in [0.25, 0.3) is 0 Å². The number of hydrogen-bond donors (Lipinski definition) is 2. The van der Waals surface area contributed by atoms with Gasteiger partial charge in [0.2, 0.25) is 10.0 Å². The van der Waals surface area contributed by atoms with E-state index in [0.717, 1.165) is 6.07 Å². The Hall–Kier alpha value is -1.84. The van der Waals surface area contributed by atoms with Crippen molar-refractivity contribution in [3.8, 4) is 12.3 Å². The molecule has 0 aliphatic rings. The maximum Gasteiger partial charge on any atom is 0.335 e. The molecule has 0 heterocycles. The van der Waals surface area contributed by atoms with Crippen molar-refractivity contribution in [2.75, 3.05) is 0 Å². The largest absolute Gasteiger partial charge is 0.478 e. The number of carboxylic acids is 1. The average Bonchev–Trinajstić information content (AvgIpc) is 2.28. The van der Waals surface area contributed by atoms with Gasteiger partial charge in [0, 0.05) is 0 Å². The Bertz CT molecular complexity index is 613. The lowest BCUT2D eigenvalue weighted by molar-refractivity contribution is 0.0696. The van der Waals surface area contributed by atoms with Gasteiger partial charge in [-0.1, -0.05) is 12.0 Å². The van der Waals surface area contributed by atoms with Crippen LogP contribution in [0.15, 0.2) is 23.1 Å². The average molecular weight is 267 g/mol. The summed E-state index contributed by atoms with van der Waals surface area (Å²) in [6.45, 7) is 3.11. The molecule has 5 nitrogen and oxygen atoms in total. The van der Waals surface area contributed by atoms with Crippen LogP contribution in [0.2, 0.25) is 0 Å². The Labute approximate surface area is 106 Å². The molecular formula is C12H13NO4S. The van der Waals surface area contributed by atoms with Crippen LogP contribution in [0.5, 0.6) is 0 Å². The SMILES string of the molecule is C#CC(C)NS(=O)(=O)c1ccc(C)c(C(=O)O)c1. The van der Waals surface area contributed by atoms with E-state index < -0.39 is 22.0 Å². The van der Waals surface area contributed by atoms with Crippen LogP contribution in [0.4, 0.5) is 0 Å². The van der Waals surface area contributed by atoms with Crippen LogP contribution in [-0.2, 0) is 10.0 Å². The molecule has 0 saturated carbocycles. The van der Waals surface area contributed by atoms with E-state index in [-0.39, 0.29) is 10.5 Å². The molecule has 1 rings (SSSR count). The molecule has 0 amide bonds. The lowest BCUT2D eigenvalue weighted by Gasteiger charge is -2.10. The van der Waals surface area contributed by atoms with Gasteiger partial charge in [0.1, 0.15) is 0 Å². The summed E-state index contributed by atoms with van der Waals surface area (Å²) < 4.78 is 26.0. The number of aromatic carboxylic acids is 1. The van der Waals surface area contributed by atoms with Gasteiger partial charge in [-0.15, -0.1) is 6.42 Å². The molecule has 1 atom stereocenters. The van der Waals surface area contributed by atoms with Gasteiger partial charge in [-0.25, -0.2) is 13.2 Å². The topological polar surface area (TPSA) is 83.5 Å². The molecule has 1 unspecified atom stereocenters. The van der Waals surface area contributed by atoms with E-state index in [4.69, 9.17) is 11.5 Å². The quantitative estimate of drug-likeness (QED) is 0.797. The predicted octanol–water partition coefficient (Wildman–Crippen LogP) is 0.993. The van der Waals surface area contributed by atoms with Gasteiger partial charge >= 0.3 is 5.97 Å². The first kappa shape index (κ1) is 14.2. The third-order valence-corrected chi connectivity index (χ3v) is 3.87. The Morgan fingerprint density at radius 1 is 1.50 bits per heavy atom. The van der Waals surface area contributed by atoms with E-state index in [1.165, 1.54) is 19.1 Å². The summed E-state index contributed by atoms with van der Waals surface area (Å²) >= 11 is 0. The van der Waals surface area contributed by atoms with Gasteiger partial charge in [-0.2, -0.15) is 4.72 Å². The van der Waals surface area contributed by atoms with E-state index in [2.05, 4.69) is 10.6 Å². The van der Waals surface area contributed by atoms with Crippen molar-refractivity contribution in [2.45, 2.75) is 24.8 Å². The van der Waals surface area contributed by atoms with Gasteiger partial charge in [-0.3, -0.25) is 0 Å². The van der Waals surface area contributed by atoms with E-state index in [1.54, 1.807) is 6.92 Å². The normalized spacial score (nSPS) is 12.7. The molecule has 1 aromatic carbocycles. The van der Waals surface area contributed by atoms with Gasteiger partial charge in [0.25, 0.3) is 0 Å². The van der Waals surface area contributed by atoms with Crippen LogP contribution in [0, 0.1) is 19.3 Å². The van der Waals surface area contributed by atoms with Gasteiger partial charge < -0.3 is 5.11 Å². The highest BCUT2D eigenvalue weighted by Crippen LogP contribution is 2.15. The molecule has 1 aromatic rings. The third-order valence-electron chi connectivity index (χ3n) is 2.33. The number of aryl methyl sites for hydroxylation is 1. The minimum absolute atomic E-state index is 0.0498. The highest BCUT2D eigenvalue weighted by atomic mass is 32.2. The summed E-state index contributed by atoms with van der Waals surface area (Å²) in [5.74, 6) is 1.06. The summed E-state index contributed by atoms with van der Waals surface area (Å²) in [6, 6.07) is 3.24. The van der Waals surface area contributed by atoms with Gasteiger partial charge in [0.15, 0.2) is 0 Å². The molecular weight excluding hydrogens is 254 g/mol. The second kappa shape index (κ2) is 5.21. The zero-order chi connectivity index (χ0) is 13.9. The highest BCUT2D eigenvalue weighted by Gasteiger charge is 2.19. The molecule has 6 heteroatoms. The number of sulfonamides is 1. The first-order valence-electron chi connectivity index (χ1n) is 5.10. The van der Waals surface area contributed by atoms with Crippen LogP contribution in [0.3, 0.4) is 0 Å². The first-order chi connectivity index (χ1) is 8.27. The minimum Gasteiger partial charge on any atom is -0.478 e. The van der Waals surface area contributed by atoms with Crippen LogP contribution in [-0.4, -0.2) is 25.5 Å². The number of terminal acetylenes is 1. The fourth-order valence-electron chi connectivity index (χ4n) is 1.33. The Morgan fingerprint density at radius 2 is 2.11 bits per heavy atom. The molecule has 0 fully saturated rings. The molecule has 2 N–H and O–H groups in total. The summed E-state index contributed by atoms with van der Waals surface area (Å²) in [6.07, 6.45) is 5.09. The fourth-order valence-corrected chi connectivity index (χ4v) is 2.52. The van der Waals surface area contributed by atoms with E-state index in [1.807, 2.05) is 0 Å². The molecule has 18 heavy (non-hydrogen) atoms. The number of carbonyl (C=O) groups is 1. The summed E-state index contributed by atoms with van der Waals surface area (Å²) in [5, 5.41) is 8.94. The number of nitrogens with one attached hydrogen (secondary N) is 1. The second-order valence-corrected chi connectivity index (χ2v) is 5.51. The van der Waals surface area contributed by atoms with Crippen LogP contribution >= 0.6 is 0 Å². The molecule has 0 spiro atoms. The summed E-state index contributed by atoms with van der Waals surface area (Å²) in [4.78, 5) is 10.8. The standard InChI is InChI=1S/C12H13NO4S/c1-4-9(3)13-18(16,17)10-6-5-8(2)11(7-10)12(14)15/h1,5-7,9,13H,2-3H3,(H,14,15). The van der Waals surface area contributed by atoms with E-state index in [9.17, 15) is 13.2 Å². The second-order valence-electron chi connectivity index (χ2n) is 3.79. The van der Waals surface area contributed by atoms with Crippen molar-refractivity contribution in [1.82, 2.24) is 4.72 Å². The summed E-state index contributed by atoms with van der Waals surface area (Å²) in [7, 11) is -3.80. The van der Waals surface area contributed by atoms with E-state index >= 15 is 0 Å². The molecule has 0 aliphatic heterocycles. The van der Waals surface area contributed by atoms with E-state index in [0.29, 0.717) is 5.56 Å². The Kier molecular flexibility index (Phi) is 4.11. The zero-order valence-corrected chi connectivity index (χ0v) is 10.8. The minimum atomic E-state index is -3.80. The van der Waals surface area contributed by atoms with Crippen LogP contribution < -0.4 is 4.72 Å². The first-order valence-corrected chi connectivity index (χ1v) is 6.58. The zero-order valence-electron chi connectivity index (χ0n) is 9.97. The van der Waals surface area contributed by atoms with Crippen molar-refractivity contribution in [3.63, 3.8) is 0 Å². The number of carboxylic acid groups (broad SMARTS) is 1. The molecule has 96 valence electrons. The predicted molar refractivity (Wildman–Crippen MR) is 66.8 cm³/mol. The van der Waals surface area contributed by atoms with Crippen molar-refractivity contribution in [3.05, 3.63) is 29.3 Å². The van der Waals surface area contributed by atoms with Crippen LogP contribution in [0.1, 0.15) is 22.8 Å². The Morgan fingerprint density at radius 3 is 2.61 bits per heavy atom.